The van der Waals surface area contributed by atoms with E-state index in [-0.39, 0.29) is 24.8 Å². The molecular formula is C11H20Cl2N4. The summed E-state index contributed by atoms with van der Waals surface area (Å²) in [6, 6.07) is 0.550. The molecule has 0 saturated heterocycles. The molecule has 1 aromatic heterocycles. The van der Waals surface area contributed by atoms with E-state index in [4.69, 9.17) is 5.73 Å². The van der Waals surface area contributed by atoms with Gasteiger partial charge in [0, 0.05) is 25.4 Å². The smallest absolute Gasteiger partial charge is 0.142 e. The molecule has 2 N–H and O–H groups in total. The minimum absolute atomic E-state index is 0. The van der Waals surface area contributed by atoms with Crippen LogP contribution in [0.3, 0.4) is 0 Å². The lowest BCUT2D eigenvalue weighted by Crippen LogP contribution is -2.34. The van der Waals surface area contributed by atoms with Crippen molar-refractivity contribution in [1.29, 1.82) is 0 Å². The molecule has 1 aliphatic rings. The molecular weight excluding hydrogens is 259 g/mol. The number of hydrogen-bond acceptors (Lipinski definition) is 4. The van der Waals surface area contributed by atoms with Crippen molar-refractivity contribution in [1.82, 2.24) is 14.9 Å². The van der Waals surface area contributed by atoms with E-state index >= 15 is 0 Å². The van der Waals surface area contributed by atoms with Gasteiger partial charge in [-0.1, -0.05) is 6.92 Å². The quantitative estimate of drug-likeness (QED) is 0.850. The number of nitrogen functional groups attached to an aromatic ring is 1. The van der Waals surface area contributed by atoms with Crippen molar-refractivity contribution >= 4 is 30.6 Å². The Kier molecular flexibility index (Phi) is 6.75. The summed E-state index contributed by atoms with van der Waals surface area (Å²) < 4.78 is 0. The highest BCUT2D eigenvalue weighted by atomic mass is 35.5. The third-order valence-corrected chi connectivity index (χ3v) is 3.10. The zero-order valence-electron chi connectivity index (χ0n) is 10.2. The summed E-state index contributed by atoms with van der Waals surface area (Å²) in [5.74, 6) is 0.534. The number of anilines is 1. The first-order valence-corrected chi connectivity index (χ1v) is 5.55. The average Bonchev–Trinajstić information content (AvgIpc) is 2.36. The maximum absolute atomic E-state index is 5.65. The Hall–Kier alpha value is -0.580. The van der Waals surface area contributed by atoms with Crippen molar-refractivity contribution in [3.8, 4) is 0 Å². The summed E-state index contributed by atoms with van der Waals surface area (Å²) in [7, 11) is 0. The molecule has 2 heterocycles. The maximum Gasteiger partial charge on any atom is 0.142 e. The molecule has 0 radical (unpaired) electrons. The molecule has 98 valence electrons. The van der Waals surface area contributed by atoms with Crippen molar-refractivity contribution in [2.45, 2.75) is 32.7 Å². The summed E-state index contributed by atoms with van der Waals surface area (Å²) in [6.07, 6.45) is 3.61. The van der Waals surface area contributed by atoms with Gasteiger partial charge in [0.1, 0.15) is 5.82 Å². The van der Waals surface area contributed by atoms with E-state index in [2.05, 4.69) is 28.7 Å². The van der Waals surface area contributed by atoms with Gasteiger partial charge in [0.05, 0.1) is 17.6 Å². The molecule has 0 amide bonds. The minimum Gasteiger partial charge on any atom is -0.382 e. The predicted octanol–water partition coefficient (Wildman–Crippen LogP) is 1.71. The standard InChI is InChI=1S/C11H18N4.2ClH/c1-3-15-5-4-9-10(6-8(15)2)13-7-11(12)14-9;;/h7-8H,3-6H2,1-2H3,(H2,12,14);2*1H/t8-;;/m1../s1. The highest BCUT2D eigenvalue weighted by Crippen LogP contribution is 2.16. The molecule has 1 aliphatic heterocycles. The van der Waals surface area contributed by atoms with Crippen LogP contribution >= 0.6 is 24.8 Å². The van der Waals surface area contributed by atoms with Crippen LogP contribution in [0.25, 0.3) is 0 Å². The second kappa shape index (κ2) is 6.99. The van der Waals surface area contributed by atoms with E-state index in [1.165, 1.54) is 0 Å². The van der Waals surface area contributed by atoms with Crippen LogP contribution in [-0.2, 0) is 12.8 Å². The van der Waals surface area contributed by atoms with Crippen LogP contribution in [0, 0.1) is 0 Å². The van der Waals surface area contributed by atoms with Gasteiger partial charge in [-0.2, -0.15) is 0 Å². The Bertz CT molecular complexity index is 359. The van der Waals surface area contributed by atoms with Crippen LogP contribution in [-0.4, -0.2) is 34.0 Å². The van der Waals surface area contributed by atoms with Crippen LogP contribution in [0.2, 0.25) is 0 Å². The number of rotatable bonds is 1. The average molecular weight is 279 g/mol. The fourth-order valence-corrected chi connectivity index (χ4v) is 2.19. The summed E-state index contributed by atoms with van der Waals surface area (Å²) in [6.45, 7) is 6.59. The van der Waals surface area contributed by atoms with E-state index < -0.39 is 0 Å². The highest BCUT2D eigenvalue weighted by molar-refractivity contribution is 5.85. The van der Waals surface area contributed by atoms with Crippen LogP contribution in [0.4, 0.5) is 5.82 Å². The molecule has 0 unspecified atom stereocenters. The number of halogens is 2. The molecule has 0 bridgehead atoms. The van der Waals surface area contributed by atoms with Gasteiger partial charge >= 0.3 is 0 Å². The number of likely N-dealkylation sites (N-methyl/N-ethyl adjacent to an activating group) is 1. The fraction of sp³-hybridized carbons (Fsp3) is 0.636. The normalized spacial score (nSPS) is 19.5. The van der Waals surface area contributed by atoms with Gasteiger partial charge in [0.15, 0.2) is 0 Å². The number of nitrogens with zero attached hydrogens (tertiary/aromatic N) is 3. The molecule has 2 rings (SSSR count). The second-order valence-electron chi connectivity index (χ2n) is 4.12. The topological polar surface area (TPSA) is 55.0 Å². The number of aromatic nitrogens is 2. The molecule has 17 heavy (non-hydrogen) atoms. The molecule has 0 saturated carbocycles. The van der Waals surface area contributed by atoms with Crippen LogP contribution < -0.4 is 5.73 Å². The lowest BCUT2D eigenvalue weighted by atomic mass is 10.1. The molecule has 1 atom stereocenters. The Morgan fingerprint density at radius 2 is 2.12 bits per heavy atom. The van der Waals surface area contributed by atoms with Crippen LogP contribution in [0.5, 0.6) is 0 Å². The van der Waals surface area contributed by atoms with Gasteiger partial charge in [0.2, 0.25) is 0 Å². The van der Waals surface area contributed by atoms with Gasteiger partial charge in [-0.15, -0.1) is 24.8 Å². The van der Waals surface area contributed by atoms with Crippen molar-refractivity contribution < 1.29 is 0 Å². The van der Waals surface area contributed by atoms with Crippen molar-refractivity contribution in [2.24, 2.45) is 0 Å². The first-order valence-electron chi connectivity index (χ1n) is 5.55. The third kappa shape index (κ3) is 3.69. The Morgan fingerprint density at radius 1 is 1.41 bits per heavy atom. The zero-order valence-corrected chi connectivity index (χ0v) is 11.9. The SMILES string of the molecule is CCN1CCc2nc(N)cnc2C[C@H]1C.Cl.Cl. The predicted molar refractivity (Wildman–Crippen MR) is 75.1 cm³/mol. The third-order valence-electron chi connectivity index (χ3n) is 3.10. The van der Waals surface area contributed by atoms with Crippen molar-refractivity contribution in [3.05, 3.63) is 17.6 Å². The van der Waals surface area contributed by atoms with Crippen LogP contribution in [0.15, 0.2) is 6.20 Å². The van der Waals surface area contributed by atoms with Gasteiger partial charge in [-0.05, 0) is 13.5 Å². The summed E-state index contributed by atoms with van der Waals surface area (Å²) >= 11 is 0. The summed E-state index contributed by atoms with van der Waals surface area (Å²) in [5, 5.41) is 0. The molecule has 0 aromatic carbocycles. The van der Waals surface area contributed by atoms with Crippen LogP contribution in [0.1, 0.15) is 25.2 Å². The summed E-state index contributed by atoms with van der Waals surface area (Å²) in [5.41, 5.74) is 7.85. The van der Waals surface area contributed by atoms with Crippen molar-refractivity contribution in [3.63, 3.8) is 0 Å². The van der Waals surface area contributed by atoms with E-state index in [0.717, 1.165) is 37.3 Å². The first kappa shape index (κ1) is 16.4. The molecule has 0 fully saturated rings. The number of nitrogens with two attached hydrogens (primary N) is 1. The molecule has 4 nitrogen and oxygen atoms in total. The Morgan fingerprint density at radius 3 is 2.76 bits per heavy atom. The molecule has 1 aromatic rings. The van der Waals surface area contributed by atoms with Gasteiger partial charge in [-0.3, -0.25) is 4.98 Å². The fourth-order valence-electron chi connectivity index (χ4n) is 2.19. The lowest BCUT2D eigenvalue weighted by Gasteiger charge is -2.24. The molecule has 0 aliphatic carbocycles. The maximum atomic E-state index is 5.65. The van der Waals surface area contributed by atoms with E-state index in [1.807, 2.05) is 0 Å². The monoisotopic (exact) mass is 278 g/mol. The molecule has 0 spiro atoms. The van der Waals surface area contributed by atoms with E-state index in [0.29, 0.717) is 11.9 Å². The van der Waals surface area contributed by atoms with Gasteiger partial charge < -0.3 is 10.6 Å². The zero-order chi connectivity index (χ0) is 10.8. The number of fused-ring (bicyclic) bond motifs is 1. The van der Waals surface area contributed by atoms with E-state index in [1.54, 1.807) is 6.20 Å². The Balaban J connectivity index is 0.00000128. The van der Waals surface area contributed by atoms with Gasteiger partial charge in [-0.25, -0.2) is 4.98 Å². The minimum atomic E-state index is 0. The largest absolute Gasteiger partial charge is 0.382 e. The molecule has 6 heteroatoms. The highest BCUT2D eigenvalue weighted by Gasteiger charge is 2.20. The lowest BCUT2D eigenvalue weighted by molar-refractivity contribution is 0.227. The Labute approximate surface area is 115 Å². The van der Waals surface area contributed by atoms with Gasteiger partial charge in [0.25, 0.3) is 0 Å². The summed E-state index contributed by atoms with van der Waals surface area (Å²) in [4.78, 5) is 11.2. The number of hydrogen-bond donors (Lipinski definition) is 1. The second-order valence-corrected chi connectivity index (χ2v) is 4.12. The van der Waals surface area contributed by atoms with E-state index in [9.17, 15) is 0 Å². The first-order chi connectivity index (χ1) is 7.20. The van der Waals surface area contributed by atoms with Crippen molar-refractivity contribution in [2.75, 3.05) is 18.8 Å².